The summed E-state index contributed by atoms with van der Waals surface area (Å²) in [5.74, 6) is -0.0280. The Labute approximate surface area is 107 Å². The average molecular weight is 249 g/mol. The summed E-state index contributed by atoms with van der Waals surface area (Å²) in [6, 6.07) is 7.81. The Morgan fingerprint density at radius 3 is 2.83 bits per heavy atom. The minimum atomic E-state index is -0.467. The van der Waals surface area contributed by atoms with E-state index in [0.29, 0.717) is 13.0 Å². The summed E-state index contributed by atoms with van der Waals surface area (Å²) in [4.78, 5) is 13.7. The molecule has 1 saturated heterocycles. The summed E-state index contributed by atoms with van der Waals surface area (Å²) in [5, 5.41) is 9.08. The van der Waals surface area contributed by atoms with E-state index in [0.717, 1.165) is 11.3 Å². The van der Waals surface area contributed by atoms with Gasteiger partial charge in [0, 0.05) is 18.7 Å². The zero-order valence-electron chi connectivity index (χ0n) is 10.8. The molecule has 1 amide bonds. The predicted octanol–water partition coefficient (Wildman–Crippen LogP) is 1.50. The van der Waals surface area contributed by atoms with Gasteiger partial charge in [0.15, 0.2) is 0 Å². The molecule has 1 unspecified atom stereocenters. The highest BCUT2D eigenvalue weighted by molar-refractivity contribution is 5.95. The average Bonchev–Trinajstić information content (AvgIpc) is 2.34. The van der Waals surface area contributed by atoms with E-state index >= 15 is 0 Å². The van der Waals surface area contributed by atoms with Crippen LogP contribution in [-0.2, 0) is 9.53 Å². The van der Waals surface area contributed by atoms with Crippen LogP contribution in [0.5, 0.6) is 0 Å². The molecule has 0 aliphatic carbocycles. The van der Waals surface area contributed by atoms with Gasteiger partial charge in [0.1, 0.15) is 6.61 Å². The minimum Gasteiger partial charge on any atom is -0.396 e. The summed E-state index contributed by atoms with van der Waals surface area (Å²) in [6.45, 7) is 4.54. The van der Waals surface area contributed by atoms with Gasteiger partial charge in [-0.25, -0.2) is 0 Å². The molecule has 18 heavy (non-hydrogen) atoms. The Morgan fingerprint density at radius 1 is 1.44 bits per heavy atom. The maximum Gasteiger partial charge on any atom is 0.253 e. The van der Waals surface area contributed by atoms with Crippen LogP contribution >= 0.6 is 0 Å². The van der Waals surface area contributed by atoms with Gasteiger partial charge in [-0.15, -0.1) is 0 Å². The van der Waals surface area contributed by atoms with Gasteiger partial charge in [-0.2, -0.15) is 0 Å². The lowest BCUT2D eigenvalue weighted by atomic mass is 9.99. The number of carbonyl (C=O) groups excluding carboxylic acids is 1. The molecule has 1 aliphatic rings. The zero-order valence-corrected chi connectivity index (χ0v) is 10.8. The van der Waals surface area contributed by atoms with Crippen molar-refractivity contribution in [3.63, 3.8) is 0 Å². The first-order valence-corrected chi connectivity index (χ1v) is 6.16. The van der Waals surface area contributed by atoms with Crippen LogP contribution in [0.1, 0.15) is 18.9 Å². The van der Waals surface area contributed by atoms with Crippen molar-refractivity contribution >= 4 is 11.6 Å². The summed E-state index contributed by atoms with van der Waals surface area (Å²) in [6.07, 6.45) is 0.530. The van der Waals surface area contributed by atoms with Crippen molar-refractivity contribution in [1.82, 2.24) is 0 Å². The number of carbonyl (C=O) groups is 1. The number of aliphatic hydroxyl groups excluding tert-OH is 1. The molecule has 1 aliphatic heterocycles. The number of amides is 1. The number of rotatable bonds is 3. The lowest BCUT2D eigenvalue weighted by Gasteiger charge is -2.40. The number of benzene rings is 1. The summed E-state index contributed by atoms with van der Waals surface area (Å²) >= 11 is 0. The van der Waals surface area contributed by atoms with Crippen molar-refractivity contribution < 1.29 is 14.6 Å². The third kappa shape index (κ3) is 2.54. The van der Waals surface area contributed by atoms with Crippen LogP contribution in [0.15, 0.2) is 24.3 Å². The van der Waals surface area contributed by atoms with E-state index in [9.17, 15) is 4.79 Å². The predicted molar refractivity (Wildman–Crippen MR) is 69.6 cm³/mol. The van der Waals surface area contributed by atoms with Crippen LogP contribution in [-0.4, -0.2) is 36.4 Å². The molecule has 0 spiro atoms. The Hall–Kier alpha value is -1.39. The molecule has 0 saturated carbocycles. The van der Waals surface area contributed by atoms with Crippen LogP contribution in [0.25, 0.3) is 0 Å². The second kappa shape index (κ2) is 5.08. The summed E-state index contributed by atoms with van der Waals surface area (Å²) < 4.78 is 5.56. The van der Waals surface area contributed by atoms with Gasteiger partial charge >= 0.3 is 0 Å². The van der Waals surface area contributed by atoms with Crippen LogP contribution in [0.2, 0.25) is 0 Å². The van der Waals surface area contributed by atoms with E-state index in [2.05, 4.69) is 0 Å². The molecule has 0 radical (unpaired) electrons. The molecular weight excluding hydrogens is 230 g/mol. The first kappa shape index (κ1) is 13.1. The number of hydrogen-bond acceptors (Lipinski definition) is 3. The van der Waals surface area contributed by atoms with E-state index in [1.54, 1.807) is 4.90 Å². The molecule has 1 aromatic carbocycles. The molecule has 1 fully saturated rings. The molecule has 1 atom stereocenters. The van der Waals surface area contributed by atoms with Gasteiger partial charge in [-0.3, -0.25) is 4.79 Å². The lowest BCUT2D eigenvalue weighted by molar-refractivity contribution is -0.138. The van der Waals surface area contributed by atoms with E-state index in [-0.39, 0.29) is 19.1 Å². The first-order chi connectivity index (χ1) is 8.56. The molecule has 98 valence electrons. The van der Waals surface area contributed by atoms with Gasteiger partial charge in [0.2, 0.25) is 0 Å². The van der Waals surface area contributed by atoms with Crippen molar-refractivity contribution in [2.45, 2.75) is 25.9 Å². The Balaban J connectivity index is 2.26. The smallest absolute Gasteiger partial charge is 0.253 e. The molecule has 1 heterocycles. The molecule has 1 N–H and O–H groups in total. The quantitative estimate of drug-likeness (QED) is 0.883. The minimum absolute atomic E-state index is 0.0280. The maximum absolute atomic E-state index is 12.0. The van der Waals surface area contributed by atoms with Crippen molar-refractivity contribution in [3.05, 3.63) is 29.8 Å². The third-order valence-corrected chi connectivity index (χ3v) is 3.38. The number of aliphatic hydroxyl groups is 1. The number of aryl methyl sites for hydroxylation is 1. The molecular formula is C14H19NO3. The van der Waals surface area contributed by atoms with Crippen molar-refractivity contribution in [3.8, 4) is 0 Å². The highest BCUT2D eigenvalue weighted by Gasteiger charge is 2.36. The summed E-state index contributed by atoms with van der Waals surface area (Å²) in [5.41, 5.74) is 1.53. The summed E-state index contributed by atoms with van der Waals surface area (Å²) in [7, 11) is 0. The van der Waals surface area contributed by atoms with E-state index in [1.807, 2.05) is 38.1 Å². The molecule has 0 aromatic heterocycles. The fourth-order valence-corrected chi connectivity index (χ4v) is 2.26. The molecule has 1 aromatic rings. The molecule has 0 bridgehead atoms. The number of para-hydroxylation sites is 1. The van der Waals surface area contributed by atoms with Gasteiger partial charge in [0.05, 0.1) is 12.1 Å². The highest BCUT2D eigenvalue weighted by atomic mass is 16.5. The normalized spacial score (nSPS) is 24.4. The highest BCUT2D eigenvalue weighted by Crippen LogP contribution is 2.28. The van der Waals surface area contributed by atoms with E-state index in [1.165, 1.54) is 0 Å². The number of ether oxygens (including phenoxy) is 1. The van der Waals surface area contributed by atoms with Gasteiger partial charge in [-0.05, 0) is 25.5 Å². The first-order valence-electron chi connectivity index (χ1n) is 6.16. The second-order valence-electron chi connectivity index (χ2n) is 4.98. The SMILES string of the molecule is Cc1ccccc1N1CC(C)(CCO)OCC1=O. The third-order valence-electron chi connectivity index (χ3n) is 3.38. The van der Waals surface area contributed by atoms with Gasteiger partial charge in [0.25, 0.3) is 5.91 Å². The van der Waals surface area contributed by atoms with Crippen LogP contribution < -0.4 is 4.90 Å². The lowest BCUT2D eigenvalue weighted by Crippen LogP contribution is -2.53. The van der Waals surface area contributed by atoms with Gasteiger partial charge in [-0.1, -0.05) is 18.2 Å². The Kier molecular flexibility index (Phi) is 3.68. The molecule has 4 heteroatoms. The fraction of sp³-hybridized carbons (Fsp3) is 0.500. The van der Waals surface area contributed by atoms with Crippen molar-refractivity contribution in [2.24, 2.45) is 0 Å². The second-order valence-corrected chi connectivity index (χ2v) is 4.98. The number of nitrogens with zero attached hydrogens (tertiary/aromatic N) is 1. The number of anilines is 1. The van der Waals surface area contributed by atoms with Crippen LogP contribution in [0.4, 0.5) is 5.69 Å². The topological polar surface area (TPSA) is 49.8 Å². The largest absolute Gasteiger partial charge is 0.396 e. The zero-order chi connectivity index (χ0) is 13.2. The van der Waals surface area contributed by atoms with Gasteiger partial charge < -0.3 is 14.7 Å². The number of hydrogen-bond donors (Lipinski definition) is 1. The van der Waals surface area contributed by atoms with Crippen LogP contribution in [0, 0.1) is 6.92 Å². The Bertz CT molecular complexity index is 446. The fourth-order valence-electron chi connectivity index (χ4n) is 2.26. The van der Waals surface area contributed by atoms with Crippen molar-refractivity contribution in [2.75, 3.05) is 24.7 Å². The standard InChI is InChI=1S/C14H19NO3/c1-11-5-3-4-6-12(11)15-10-14(2,7-8-16)18-9-13(15)17/h3-6,16H,7-10H2,1-2H3. The van der Waals surface area contributed by atoms with Crippen LogP contribution in [0.3, 0.4) is 0 Å². The molecule has 4 nitrogen and oxygen atoms in total. The van der Waals surface area contributed by atoms with E-state index < -0.39 is 5.60 Å². The Morgan fingerprint density at radius 2 is 2.17 bits per heavy atom. The number of morpholine rings is 1. The van der Waals surface area contributed by atoms with Crippen molar-refractivity contribution in [1.29, 1.82) is 0 Å². The maximum atomic E-state index is 12.0. The molecule has 2 rings (SSSR count). The van der Waals surface area contributed by atoms with E-state index in [4.69, 9.17) is 9.84 Å². The monoisotopic (exact) mass is 249 g/mol.